The Morgan fingerprint density at radius 3 is 2.68 bits per heavy atom. The molecule has 31 heavy (non-hydrogen) atoms. The fourth-order valence-corrected chi connectivity index (χ4v) is 6.63. The first-order valence-electron chi connectivity index (χ1n) is 12.5. The first-order valence-corrected chi connectivity index (χ1v) is 12.5. The summed E-state index contributed by atoms with van der Waals surface area (Å²) < 4.78 is 5.91. The van der Waals surface area contributed by atoms with E-state index < -0.39 is 0 Å². The summed E-state index contributed by atoms with van der Waals surface area (Å²) in [6.07, 6.45) is 9.42. The lowest BCUT2D eigenvalue weighted by Gasteiger charge is -2.37. The molecule has 0 radical (unpaired) electrons. The third kappa shape index (κ3) is 4.36. The van der Waals surface area contributed by atoms with Gasteiger partial charge in [0.15, 0.2) is 0 Å². The molecule has 8 heteroatoms. The highest BCUT2D eigenvalue weighted by atomic mass is 16.5. The Labute approximate surface area is 185 Å². The van der Waals surface area contributed by atoms with Gasteiger partial charge in [0, 0.05) is 44.7 Å². The van der Waals surface area contributed by atoms with Gasteiger partial charge < -0.3 is 19.9 Å². The summed E-state index contributed by atoms with van der Waals surface area (Å²) in [5, 5.41) is 3.63. The Morgan fingerprint density at radius 1 is 1.06 bits per heavy atom. The lowest BCUT2D eigenvalue weighted by molar-refractivity contribution is -0.138. The van der Waals surface area contributed by atoms with Gasteiger partial charge in [0.2, 0.25) is 11.8 Å². The maximum absolute atomic E-state index is 13.3. The number of carbonyl (C=O) groups is 2. The summed E-state index contributed by atoms with van der Waals surface area (Å²) in [7, 11) is 1.87. The van der Waals surface area contributed by atoms with Crippen LogP contribution in [0.5, 0.6) is 0 Å². The molecule has 0 aromatic rings. The number of piperidine rings is 1. The molecule has 1 aliphatic carbocycles. The summed E-state index contributed by atoms with van der Waals surface area (Å²) in [6, 6.07) is 0.445. The molecule has 5 rings (SSSR count). The molecule has 0 aromatic carbocycles. The molecular formula is C23H39N5O3. The van der Waals surface area contributed by atoms with Crippen LogP contribution in [-0.2, 0) is 14.3 Å². The lowest BCUT2D eigenvalue weighted by Crippen LogP contribution is -2.55. The summed E-state index contributed by atoms with van der Waals surface area (Å²) in [5.41, 5.74) is 6.58. The van der Waals surface area contributed by atoms with E-state index >= 15 is 0 Å². The van der Waals surface area contributed by atoms with Gasteiger partial charge >= 0.3 is 0 Å². The van der Waals surface area contributed by atoms with Crippen LogP contribution in [0, 0.1) is 11.8 Å². The summed E-state index contributed by atoms with van der Waals surface area (Å²) in [4.78, 5) is 30.4. The van der Waals surface area contributed by atoms with Gasteiger partial charge in [-0.15, -0.1) is 0 Å². The smallest absolute Gasteiger partial charge is 0.241 e. The number of amides is 2. The number of likely N-dealkylation sites (N-methyl/N-ethyl adjacent to an activating group) is 1. The number of hydrogen-bond donors (Lipinski definition) is 3. The molecule has 0 bridgehead atoms. The van der Waals surface area contributed by atoms with Crippen molar-refractivity contribution < 1.29 is 14.3 Å². The zero-order valence-electron chi connectivity index (χ0n) is 19.0. The Kier molecular flexibility index (Phi) is 6.25. The standard InChI is InChI=1S/C23H39N5O3/c1-14-7-8-16(31-14)12-27(2)23(30)21-17-13-28(10-9-19(17)25-26-21)22(29)20-11-15-5-3-4-6-18(15)24-20/h14-21,24-26H,3-13H2,1-2H3. The summed E-state index contributed by atoms with van der Waals surface area (Å²) >= 11 is 0. The molecule has 4 aliphatic heterocycles. The summed E-state index contributed by atoms with van der Waals surface area (Å²) in [5.74, 6) is 1.12. The Balaban J connectivity index is 1.18. The molecule has 0 aromatic heterocycles. The minimum Gasteiger partial charge on any atom is -0.373 e. The molecule has 2 amide bonds. The van der Waals surface area contributed by atoms with Crippen LogP contribution >= 0.6 is 0 Å². The zero-order valence-corrected chi connectivity index (χ0v) is 19.0. The van der Waals surface area contributed by atoms with Gasteiger partial charge in [-0.1, -0.05) is 12.8 Å². The number of carbonyl (C=O) groups excluding carboxylic acids is 2. The second kappa shape index (κ2) is 8.96. The van der Waals surface area contributed by atoms with Crippen LogP contribution in [-0.4, -0.2) is 84.7 Å². The van der Waals surface area contributed by atoms with Crippen molar-refractivity contribution in [1.29, 1.82) is 0 Å². The van der Waals surface area contributed by atoms with Crippen LogP contribution in [0.15, 0.2) is 0 Å². The number of ether oxygens (including phenoxy) is 1. The summed E-state index contributed by atoms with van der Waals surface area (Å²) in [6.45, 7) is 4.15. The van der Waals surface area contributed by atoms with Gasteiger partial charge in [-0.25, -0.2) is 5.43 Å². The van der Waals surface area contributed by atoms with Crippen molar-refractivity contribution in [3.05, 3.63) is 0 Å². The van der Waals surface area contributed by atoms with Crippen molar-refractivity contribution in [2.24, 2.45) is 11.8 Å². The molecule has 1 saturated carbocycles. The Bertz CT molecular complexity index is 676. The lowest BCUT2D eigenvalue weighted by atomic mass is 9.84. The van der Waals surface area contributed by atoms with E-state index in [4.69, 9.17) is 4.74 Å². The van der Waals surface area contributed by atoms with Crippen LogP contribution in [0.4, 0.5) is 0 Å². The molecule has 5 fully saturated rings. The van der Waals surface area contributed by atoms with E-state index in [2.05, 4.69) is 23.1 Å². The van der Waals surface area contributed by atoms with Gasteiger partial charge in [0.05, 0.1) is 18.2 Å². The van der Waals surface area contributed by atoms with Gasteiger partial charge in [0.1, 0.15) is 6.04 Å². The van der Waals surface area contributed by atoms with Crippen LogP contribution in [0.25, 0.3) is 0 Å². The molecule has 4 saturated heterocycles. The SMILES string of the molecule is CC1CCC(CN(C)C(=O)C2NNC3CCN(C(=O)C4CC5CCCCC5N4)CC32)O1. The van der Waals surface area contributed by atoms with E-state index in [0.29, 0.717) is 25.0 Å². The molecule has 0 spiro atoms. The highest BCUT2D eigenvalue weighted by Crippen LogP contribution is 2.34. The van der Waals surface area contributed by atoms with E-state index in [1.54, 1.807) is 0 Å². The van der Waals surface area contributed by atoms with E-state index in [1.165, 1.54) is 25.7 Å². The topological polar surface area (TPSA) is 85.9 Å². The fraction of sp³-hybridized carbons (Fsp3) is 0.913. The van der Waals surface area contributed by atoms with Crippen LogP contribution < -0.4 is 16.2 Å². The van der Waals surface area contributed by atoms with Crippen molar-refractivity contribution in [2.45, 2.75) is 94.7 Å². The molecule has 8 nitrogen and oxygen atoms in total. The fourth-order valence-electron chi connectivity index (χ4n) is 6.63. The monoisotopic (exact) mass is 433 g/mol. The highest BCUT2D eigenvalue weighted by molar-refractivity contribution is 5.84. The van der Waals surface area contributed by atoms with E-state index in [0.717, 1.165) is 32.2 Å². The first-order chi connectivity index (χ1) is 15.0. The van der Waals surface area contributed by atoms with Crippen LogP contribution in [0.3, 0.4) is 0 Å². The highest BCUT2D eigenvalue weighted by Gasteiger charge is 2.47. The maximum atomic E-state index is 13.3. The second-order valence-corrected chi connectivity index (χ2v) is 10.6. The van der Waals surface area contributed by atoms with Crippen molar-refractivity contribution in [3.63, 3.8) is 0 Å². The van der Waals surface area contributed by atoms with Crippen molar-refractivity contribution in [3.8, 4) is 0 Å². The Morgan fingerprint density at radius 2 is 1.90 bits per heavy atom. The number of fused-ring (bicyclic) bond motifs is 2. The van der Waals surface area contributed by atoms with E-state index in [-0.39, 0.29) is 48.1 Å². The van der Waals surface area contributed by atoms with Gasteiger partial charge in [-0.2, -0.15) is 0 Å². The second-order valence-electron chi connectivity index (χ2n) is 10.6. The van der Waals surface area contributed by atoms with Crippen LogP contribution in [0.1, 0.15) is 58.3 Å². The van der Waals surface area contributed by atoms with Crippen molar-refractivity contribution in [1.82, 2.24) is 26.0 Å². The molecule has 8 unspecified atom stereocenters. The zero-order chi connectivity index (χ0) is 21.5. The normalized spacial score (nSPS) is 42.3. The minimum atomic E-state index is -0.288. The molecule has 174 valence electrons. The first kappa shape index (κ1) is 21.6. The minimum absolute atomic E-state index is 0.0368. The maximum Gasteiger partial charge on any atom is 0.241 e. The number of hydrazine groups is 1. The molecule has 5 aliphatic rings. The molecule has 4 heterocycles. The van der Waals surface area contributed by atoms with E-state index in [1.807, 2.05) is 16.8 Å². The van der Waals surface area contributed by atoms with Gasteiger partial charge in [-0.3, -0.25) is 15.0 Å². The van der Waals surface area contributed by atoms with E-state index in [9.17, 15) is 9.59 Å². The molecular weight excluding hydrogens is 394 g/mol. The van der Waals surface area contributed by atoms with Crippen molar-refractivity contribution in [2.75, 3.05) is 26.7 Å². The number of nitrogens with one attached hydrogen (secondary N) is 3. The van der Waals surface area contributed by atoms with Gasteiger partial charge in [0.25, 0.3) is 0 Å². The van der Waals surface area contributed by atoms with Gasteiger partial charge in [-0.05, 0) is 51.4 Å². The average Bonchev–Trinajstić information content (AvgIpc) is 3.49. The average molecular weight is 434 g/mol. The number of nitrogens with zero attached hydrogens (tertiary/aromatic N) is 2. The predicted octanol–water partition coefficient (Wildman–Crippen LogP) is 0.627. The van der Waals surface area contributed by atoms with Crippen LogP contribution in [0.2, 0.25) is 0 Å². The number of likely N-dealkylation sites (tertiary alicyclic amines) is 1. The Hall–Kier alpha value is -1.22. The third-order valence-electron chi connectivity index (χ3n) is 8.42. The quantitative estimate of drug-likeness (QED) is 0.603. The largest absolute Gasteiger partial charge is 0.373 e. The number of hydrogen-bond acceptors (Lipinski definition) is 6. The van der Waals surface area contributed by atoms with Crippen molar-refractivity contribution >= 4 is 11.8 Å². The molecule has 3 N–H and O–H groups in total. The molecule has 8 atom stereocenters. The predicted molar refractivity (Wildman–Crippen MR) is 117 cm³/mol. The third-order valence-corrected chi connectivity index (χ3v) is 8.42. The number of rotatable bonds is 4.